The summed E-state index contributed by atoms with van der Waals surface area (Å²) in [5.41, 5.74) is 1.19. The number of hydrogen-bond donors (Lipinski definition) is 1. The van der Waals surface area contributed by atoms with Gasteiger partial charge in [-0.2, -0.15) is 0 Å². The largest absolute Gasteiger partial charge is 0.466 e. The van der Waals surface area contributed by atoms with Crippen LogP contribution < -0.4 is 0 Å². The maximum absolute atomic E-state index is 10.4. The summed E-state index contributed by atoms with van der Waals surface area (Å²) in [7, 11) is 0. The molecule has 5 heteroatoms. The minimum Gasteiger partial charge on any atom is -0.466 e. The van der Waals surface area contributed by atoms with Crippen LogP contribution in [0, 0.1) is 0 Å². The lowest BCUT2D eigenvalue weighted by atomic mass is 10.2. The highest BCUT2D eigenvalue weighted by Crippen LogP contribution is 1.99. The summed E-state index contributed by atoms with van der Waals surface area (Å²) in [6.45, 7) is 5.28. The van der Waals surface area contributed by atoms with E-state index in [-0.39, 0.29) is 5.97 Å². The second-order valence-electron chi connectivity index (χ2n) is 4.00. The van der Waals surface area contributed by atoms with Gasteiger partial charge >= 0.3 is 11.9 Å². The SMILES string of the molecule is CC(=O)OCCc1ccccc1.CCOC(=O)C(C)O. The molecule has 0 heterocycles. The third-order valence-corrected chi connectivity index (χ3v) is 2.17. The zero-order valence-electron chi connectivity index (χ0n) is 12.2. The van der Waals surface area contributed by atoms with Crippen LogP contribution in [-0.2, 0) is 25.5 Å². The number of esters is 2. The minimum atomic E-state index is -0.991. The summed E-state index contributed by atoms with van der Waals surface area (Å²) in [6, 6.07) is 9.95. The molecule has 1 N–H and O–H groups in total. The lowest BCUT2D eigenvalue weighted by Gasteiger charge is -2.01. The van der Waals surface area contributed by atoms with Gasteiger partial charge < -0.3 is 14.6 Å². The van der Waals surface area contributed by atoms with E-state index >= 15 is 0 Å². The Labute approximate surface area is 119 Å². The average molecular weight is 282 g/mol. The van der Waals surface area contributed by atoms with Crippen molar-refractivity contribution in [1.82, 2.24) is 0 Å². The van der Waals surface area contributed by atoms with Crippen LogP contribution in [0.25, 0.3) is 0 Å². The van der Waals surface area contributed by atoms with Crippen molar-refractivity contribution in [2.24, 2.45) is 0 Å². The van der Waals surface area contributed by atoms with Crippen LogP contribution in [0.1, 0.15) is 26.3 Å². The summed E-state index contributed by atoms with van der Waals surface area (Å²) in [4.78, 5) is 20.7. The van der Waals surface area contributed by atoms with E-state index in [0.717, 1.165) is 6.42 Å². The summed E-state index contributed by atoms with van der Waals surface area (Å²) >= 11 is 0. The van der Waals surface area contributed by atoms with Crippen LogP contribution >= 0.6 is 0 Å². The number of carbonyl (C=O) groups excluding carboxylic acids is 2. The van der Waals surface area contributed by atoms with E-state index in [4.69, 9.17) is 9.84 Å². The Kier molecular flexibility index (Phi) is 9.96. The van der Waals surface area contributed by atoms with Crippen molar-refractivity contribution in [3.63, 3.8) is 0 Å². The average Bonchev–Trinajstić information content (AvgIpc) is 2.40. The van der Waals surface area contributed by atoms with Gasteiger partial charge in [0, 0.05) is 13.3 Å². The van der Waals surface area contributed by atoms with Crippen molar-refractivity contribution in [2.75, 3.05) is 13.2 Å². The highest BCUT2D eigenvalue weighted by molar-refractivity contribution is 5.73. The molecule has 1 aromatic carbocycles. The molecule has 1 atom stereocenters. The predicted molar refractivity (Wildman–Crippen MR) is 75.1 cm³/mol. The molecule has 0 saturated carbocycles. The van der Waals surface area contributed by atoms with Crippen molar-refractivity contribution in [3.8, 4) is 0 Å². The van der Waals surface area contributed by atoms with Crippen LogP contribution in [0.15, 0.2) is 30.3 Å². The van der Waals surface area contributed by atoms with Gasteiger partial charge in [0.2, 0.25) is 0 Å². The number of aliphatic hydroxyl groups excluding tert-OH is 1. The van der Waals surface area contributed by atoms with Crippen molar-refractivity contribution in [3.05, 3.63) is 35.9 Å². The molecule has 0 saturated heterocycles. The second-order valence-corrected chi connectivity index (χ2v) is 4.00. The first-order valence-corrected chi connectivity index (χ1v) is 6.49. The van der Waals surface area contributed by atoms with Crippen LogP contribution in [0.3, 0.4) is 0 Å². The maximum Gasteiger partial charge on any atom is 0.334 e. The van der Waals surface area contributed by atoms with E-state index in [0.29, 0.717) is 13.2 Å². The molecular formula is C15H22O5. The molecule has 112 valence electrons. The zero-order valence-corrected chi connectivity index (χ0v) is 12.2. The molecule has 20 heavy (non-hydrogen) atoms. The van der Waals surface area contributed by atoms with Crippen LogP contribution in [0.4, 0.5) is 0 Å². The Morgan fingerprint density at radius 3 is 2.20 bits per heavy atom. The van der Waals surface area contributed by atoms with Gasteiger partial charge in [0.15, 0.2) is 0 Å². The van der Waals surface area contributed by atoms with E-state index in [9.17, 15) is 9.59 Å². The normalized spacial score (nSPS) is 10.8. The van der Waals surface area contributed by atoms with Crippen molar-refractivity contribution >= 4 is 11.9 Å². The predicted octanol–water partition coefficient (Wildman–Crippen LogP) is 1.72. The third-order valence-electron chi connectivity index (χ3n) is 2.17. The number of benzene rings is 1. The van der Waals surface area contributed by atoms with E-state index in [2.05, 4.69) is 4.74 Å². The van der Waals surface area contributed by atoms with Crippen LogP contribution in [0.2, 0.25) is 0 Å². The lowest BCUT2D eigenvalue weighted by molar-refractivity contribution is -0.151. The molecule has 0 aromatic heterocycles. The molecule has 0 amide bonds. The van der Waals surface area contributed by atoms with Crippen molar-refractivity contribution in [2.45, 2.75) is 33.3 Å². The molecule has 0 bridgehead atoms. The molecule has 0 aliphatic carbocycles. The zero-order chi connectivity index (χ0) is 15.4. The number of hydrogen-bond acceptors (Lipinski definition) is 5. The van der Waals surface area contributed by atoms with E-state index in [1.54, 1.807) is 6.92 Å². The summed E-state index contributed by atoms with van der Waals surface area (Å²) < 4.78 is 9.22. The third kappa shape index (κ3) is 10.1. The van der Waals surface area contributed by atoms with Gasteiger partial charge in [0.1, 0.15) is 6.10 Å². The molecule has 0 radical (unpaired) electrons. The fraction of sp³-hybridized carbons (Fsp3) is 0.467. The first-order valence-electron chi connectivity index (χ1n) is 6.49. The van der Waals surface area contributed by atoms with Gasteiger partial charge in [-0.05, 0) is 19.4 Å². The van der Waals surface area contributed by atoms with Crippen molar-refractivity contribution in [1.29, 1.82) is 0 Å². The van der Waals surface area contributed by atoms with Gasteiger partial charge in [0.05, 0.1) is 13.2 Å². The Bertz CT molecular complexity index is 387. The highest BCUT2D eigenvalue weighted by atomic mass is 16.5. The summed E-state index contributed by atoms with van der Waals surface area (Å²) in [6.07, 6.45) is -0.199. The highest BCUT2D eigenvalue weighted by Gasteiger charge is 2.07. The van der Waals surface area contributed by atoms with Gasteiger partial charge in [-0.15, -0.1) is 0 Å². The van der Waals surface area contributed by atoms with Gasteiger partial charge in [-0.1, -0.05) is 30.3 Å². The molecule has 1 unspecified atom stereocenters. The fourth-order valence-corrected chi connectivity index (χ4v) is 1.22. The Hall–Kier alpha value is -1.88. The lowest BCUT2D eigenvalue weighted by Crippen LogP contribution is -2.18. The smallest absolute Gasteiger partial charge is 0.334 e. The first kappa shape index (κ1) is 18.1. The quantitative estimate of drug-likeness (QED) is 0.832. The fourth-order valence-electron chi connectivity index (χ4n) is 1.22. The van der Waals surface area contributed by atoms with E-state index in [1.807, 2.05) is 30.3 Å². The monoisotopic (exact) mass is 282 g/mol. The molecule has 5 nitrogen and oxygen atoms in total. The summed E-state index contributed by atoms with van der Waals surface area (Å²) in [5.74, 6) is -0.779. The van der Waals surface area contributed by atoms with Gasteiger partial charge in [-0.25, -0.2) is 4.79 Å². The number of aliphatic hydroxyl groups is 1. The summed E-state index contributed by atoms with van der Waals surface area (Å²) in [5, 5.41) is 8.48. The van der Waals surface area contributed by atoms with E-state index < -0.39 is 12.1 Å². The van der Waals surface area contributed by atoms with Crippen molar-refractivity contribution < 1.29 is 24.2 Å². The minimum absolute atomic E-state index is 0.217. The second kappa shape index (κ2) is 11.0. The number of rotatable bonds is 5. The Balaban J connectivity index is 0.000000396. The maximum atomic E-state index is 10.4. The number of carbonyl (C=O) groups is 2. The molecule has 0 fully saturated rings. The molecule has 0 aliphatic heterocycles. The topological polar surface area (TPSA) is 72.8 Å². The standard InChI is InChI=1S/C10H12O2.C5H10O3/c1-9(11)12-8-7-10-5-3-2-4-6-10;1-3-8-5(7)4(2)6/h2-6H,7-8H2,1H3;4,6H,3H2,1-2H3. The van der Waals surface area contributed by atoms with Gasteiger partial charge in [-0.3, -0.25) is 4.79 Å². The molecule has 0 spiro atoms. The Morgan fingerprint density at radius 1 is 1.20 bits per heavy atom. The Morgan fingerprint density at radius 2 is 1.80 bits per heavy atom. The molecule has 0 aliphatic rings. The van der Waals surface area contributed by atoms with Crippen LogP contribution in [-0.4, -0.2) is 36.4 Å². The molecule has 1 aromatic rings. The first-order chi connectivity index (χ1) is 9.47. The number of ether oxygens (including phenoxy) is 2. The molecule has 1 rings (SSSR count). The van der Waals surface area contributed by atoms with Gasteiger partial charge in [0.25, 0.3) is 0 Å². The van der Waals surface area contributed by atoms with Crippen LogP contribution in [0.5, 0.6) is 0 Å². The molecular weight excluding hydrogens is 260 g/mol. The van der Waals surface area contributed by atoms with E-state index in [1.165, 1.54) is 19.4 Å².